The number of hydrogen-bond donors (Lipinski definition) is 0. The maximum absolute atomic E-state index is 12.0. The molecule has 1 aromatic carbocycles. The van der Waals surface area contributed by atoms with Crippen molar-refractivity contribution in [3.63, 3.8) is 0 Å². The third kappa shape index (κ3) is 5.87. The average Bonchev–Trinajstić information content (AvgIpc) is 2.00. The van der Waals surface area contributed by atoms with E-state index in [1.807, 2.05) is 39.8 Å². The zero-order valence-electron chi connectivity index (χ0n) is 9.74. The molecule has 1 aromatic rings. The fourth-order valence-electron chi connectivity index (χ4n) is 1.40. The summed E-state index contributed by atoms with van der Waals surface area (Å²) in [6.07, 6.45) is 0. The molecular weight excluding hydrogens is 232 g/mol. The van der Waals surface area contributed by atoms with E-state index in [1.54, 1.807) is 12.1 Å². The fourth-order valence-corrected chi connectivity index (χ4v) is 3.26. The van der Waals surface area contributed by atoms with Crippen molar-refractivity contribution < 1.29 is 8.42 Å². The largest absolute Gasteiger partial charge is 0.224 e. The van der Waals surface area contributed by atoms with Crippen LogP contribution in [0.2, 0.25) is 0 Å². The van der Waals surface area contributed by atoms with Gasteiger partial charge >= 0.3 is 0 Å². The van der Waals surface area contributed by atoms with Gasteiger partial charge in [-0.1, -0.05) is 53.3 Å². The highest BCUT2D eigenvalue weighted by Gasteiger charge is 2.23. The van der Waals surface area contributed by atoms with Crippen LogP contribution in [-0.4, -0.2) is 14.2 Å². The van der Waals surface area contributed by atoms with Crippen molar-refractivity contribution >= 4 is 9.84 Å². The zero-order chi connectivity index (χ0) is 11.7. The van der Waals surface area contributed by atoms with Crippen LogP contribution in [0.5, 0.6) is 0 Å². The van der Waals surface area contributed by atoms with Gasteiger partial charge < -0.3 is 0 Å². The average molecular weight is 258 g/mol. The van der Waals surface area contributed by atoms with E-state index in [9.17, 15) is 8.42 Å². The molecule has 0 bridgehead atoms. The van der Waals surface area contributed by atoms with Crippen LogP contribution in [0.1, 0.15) is 41.2 Å². The molecular formula is C14H26O2S. The lowest BCUT2D eigenvalue weighted by molar-refractivity contribution is 0.462. The Morgan fingerprint density at radius 1 is 1.00 bits per heavy atom. The standard InChI is InChI=1S/C12H18O2S.2CH4/c1-10-5-7-11(8-6-10)15(13,14)9-12(2,3)4;;/h5-8H,9H2,1-4H3;2*1H4. The van der Waals surface area contributed by atoms with Crippen LogP contribution in [0, 0.1) is 12.3 Å². The van der Waals surface area contributed by atoms with Gasteiger partial charge in [0.15, 0.2) is 9.84 Å². The van der Waals surface area contributed by atoms with Crippen LogP contribution >= 0.6 is 0 Å². The van der Waals surface area contributed by atoms with Gasteiger partial charge in [0, 0.05) is 0 Å². The molecule has 0 N–H and O–H groups in total. The van der Waals surface area contributed by atoms with Crippen LogP contribution in [0.4, 0.5) is 0 Å². The molecule has 0 aromatic heterocycles. The lowest BCUT2D eigenvalue weighted by Gasteiger charge is -2.17. The molecule has 100 valence electrons. The second-order valence-electron chi connectivity index (χ2n) is 5.13. The van der Waals surface area contributed by atoms with Gasteiger partial charge in [0.1, 0.15) is 0 Å². The highest BCUT2D eigenvalue weighted by atomic mass is 32.2. The number of benzene rings is 1. The summed E-state index contributed by atoms with van der Waals surface area (Å²) in [4.78, 5) is 0.419. The minimum atomic E-state index is -3.13. The number of hydrogen-bond acceptors (Lipinski definition) is 2. The summed E-state index contributed by atoms with van der Waals surface area (Å²) in [6, 6.07) is 7.01. The number of rotatable bonds is 2. The maximum atomic E-state index is 12.0. The van der Waals surface area contributed by atoms with Gasteiger partial charge in [-0.05, 0) is 24.5 Å². The highest BCUT2D eigenvalue weighted by molar-refractivity contribution is 7.91. The topological polar surface area (TPSA) is 34.1 Å². The first kappa shape index (κ1) is 18.5. The van der Waals surface area contributed by atoms with Crippen molar-refractivity contribution in [2.45, 2.75) is 47.4 Å². The van der Waals surface area contributed by atoms with Gasteiger partial charge in [-0.15, -0.1) is 0 Å². The molecule has 0 aliphatic carbocycles. The molecule has 0 saturated carbocycles. The monoisotopic (exact) mass is 258 g/mol. The van der Waals surface area contributed by atoms with E-state index in [4.69, 9.17) is 0 Å². The molecule has 0 heterocycles. The quantitative estimate of drug-likeness (QED) is 0.800. The predicted octanol–water partition coefficient (Wildman–Crippen LogP) is 4.09. The Morgan fingerprint density at radius 2 is 1.41 bits per heavy atom. The predicted molar refractivity (Wildman–Crippen MR) is 76.1 cm³/mol. The summed E-state index contributed by atoms with van der Waals surface area (Å²) in [5.41, 5.74) is 0.869. The summed E-state index contributed by atoms with van der Waals surface area (Å²) >= 11 is 0. The molecule has 3 heteroatoms. The smallest absolute Gasteiger partial charge is 0.178 e. The van der Waals surface area contributed by atoms with Crippen LogP contribution in [0.3, 0.4) is 0 Å². The van der Waals surface area contributed by atoms with Crippen molar-refractivity contribution in [2.24, 2.45) is 5.41 Å². The molecule has 0 aliphatic heterocycles. The van der Waals surface area contributed by atoms with Crippen LogP contribution < -0.4 is 0 Å². The molecule has 0 radical (unpaired) electrons. The normalized spacial score (nSPS) is 11.3. The summed E-state index contributed by atoms with van der Waals surface area (Å²) < 4.78 is 23.9. The van der Waals surface area contributed by atoms with Crippen LogP contribution in [0.25, 0.3) is 0 Å². The lowest BCUT2D eigenvalue weighted by Crippen LogP contribution is -2.20. The Balaban J connectivity index is 0. The van der Waals surface area contributed by atoms with Gasteiger partial charge in [0.25, 0.3) is 0 Å². The highest BCUT2D eigenvalue weighted by Crippen LogP contribution is 2.21. The molecule has 1 rings (SSSR count). The van der Waals surface area contributed by atoms with Gasteiger partial charge in [-0.2, -0.15) is 0 Å². The van der Waals surface area contributed by atoms with Crippen molar-refractivity contribution in [1.29, 1.82) is 0 Å². The molecule has 0 spiro atoms. The molecule has 0 fully saturated rings. The third-order valence-electron chi connectivity index (χ3n) is 2.00. The number of aryl methyl sites for hydroxylation is 1. The molecule has 0 saturated heterocycles. The first-order valence-electron chi connectivity index (χ1n) is 5.00. The molecule has 0 unspecified atom stereocenters. The summed E-state index contributed by atoms with van der Waals surface area (Å²) in [5.74, 6) is 0.184. The zero-order valence-corrected chi connectivity index (χ0v) is 10.6. The molecule has 0 amide bonds. The third-order valence-corrected chi connectivity index (χ3v) is 4.24. The van der Waals surface area contributed by atoms with Crippen molar-refractivity contribution in [3.8, 4) is 0 Å². The van der Waals surface area contributed by atoms with Gasteiger partial charge in [-0.3, -0.25) is 0 Å². The van der Waals surface area contributed by atoms with E-state index in [2.05, 4.69) is 0 Å². The Bertz CT molecular complexity index is 422. The minimum absolute atomic E-state index is 0. The van der Waals surface area contributed by atoms with Gasteiger partial charge in [-0.25, -0.2) is 8.42 Å². The molecule has 0 atom stereocenters. The van der Waals surface area contributed by atoms with E-state index in [1.165, 1.54) is 0 Å². The minimum Gasteiger partial charge on any atom is -0.224 e. The van der Waals surface area contributed by atoms with Gasteiger partial charge in [0.2, 0.25) is 0 Å². The first-order chi connectivity index (χ1) is 6.71. The summed E-state index contributed by atoms with van der Waals surface area (Å²) in [6.45, 7) is 7.73. The van der Waals surface area contributed by atoms with Crippen molar-refractivity contribution in [3.05, 3.63) is 29.8 Å². The van der Waals surface area contributed by atoms with E-state index >= 15 is 0 Å². The Hall–Kier alpha value is -0.830. The molecule has 17 heavy (non-hydrogen) atoms. The summed E-state index contributed by atoms with van der Waals surface area (Å²) in [7, 11) is -3.13. The van der Waals surface area contributed by atoms with E-state index in [-0.39, 0.29) is 26.0 Å². The second-order valence-corrected chi connectivity index (χ2v) is 7.12. The Labute approximate surface area is 107 Å². The Kier molecular flexibility index (Phi) is 6.76. The molecule has 0 aliphatic rings. The SMILES string of the molecule is C.C.Cc1ccc(S(=O)(=O)CC(C)(C)C)cc1. The maximum Gasteiger partial charge on any atom is 0.178 e. The van der Waals surface area contributed by atoms with Crippen LogP contribution in [-0.2, 0) is 9.84 Å². The first-order valence-corrected chi connectivity index (χ1v) is 6.65. The van der Waals surface area contributed by atoms with E-state index in [0.717, 1.165) is 5.56 Å². The Morgan fingerprint density at radius 3 is 1.76 bits per heavy atom. The second kappa shape index (κ2) is 6.20. The van der Waals surface area contributed by atoms with Crippen LogP contribution in [0.15, 0.2) is 29.2 Å². The van der Waals surface area contributed by atoms with Gasteiger partial charge in [0.05, 0.1) is 10.6 Å². The number of sulfone groups is 1. The van der Waals surface area contributed by atoms with Crippen molar-refractivity contribution in [2.75, 3.05) is 5.75 Å². The molecule has 2 nitrogen and oxygen atoms in total. The fraction of sp³-hybridized carbons (Fsp3) is 0.571. The van der Waals surface area contributed by atoms with E-state index in [0.29, 0.717) is 4.90 Å². The van der Waals surface area contributed by atoms with Crippen molar-refractivity contribution in [1.82, 2.24) is 0 Å². The lowest BCUT2D eigenvalue weighted by atomic mass is 10.0. The van der Waals surface area contributed by atoms with E-state index < -0.39 is 9.84 Å². The summed E-state index contributed by atoms with van der Waals surface area (Å²) in [5, 5.41) is 0.